The number of ether oxygens (including phenoxy) is 1. The van der Waals surface area contributed by atoms with Crippen molar-refractivity contribution in [3.63, 3.8) is 0 Å². The molecule has 0 saturated carbocycles. The molecule has 31 heavy (non-hydrogen) atoms. The number of rotatable bonds is 7. The molecule has 1 N–H and O–H groups in total. The number of benzene rings is 2. The van der Waals surface area contributed by atoms with Crippen LogP contribution in [0.15, 0.2) is 66.1 Å². The molecular formula is C23H21N3O4S. The van der Waals surface area contributed by atoms with Crippen LogP contribution in [0.4, 0.5) is 10.8 Å². The average Bonchev–Trinajstić information content (AvgIpc) is 3.25. The van der Waals surface area contributed by atoms with Crippen molar-refractivity contribution in [1.29, 1.82) is 0 Å². The lowest BCUT2D eigenvalue weighted by Crippen LogP contribution is -2.22. The summed E-state index contributed by atoms with van der Waals surface area (Å²) in [5.74, 6) is -0.832. The third-order valence-corrected chi connectivity index (χ3v) is 5.12. The number of hydrogen-bond acceptors (Lipinski definition) is 6. The zero-order valence-corrected chi connectivity index (χ0v) is 17.9. The topological polar surface area (TPSA) is 88.6 Å². The fraction of sp³-hybridized carbons (Fsp3) is 0.130. The summed E-state index contributed by atoms with van der Waals surface area (Å²) in [5, 5.41) is 5.09. The molecular weight excluding hydrogens is 414 g/mol. The molecule has 0 unspecified atom stereocenters. The van der Waals surface area contributed by atoms with Crippen molar-refractivity contribution in [1.82, 2.24) is 10.3 Å². The third kappa shape index (κ3) is 5.86. The van der Waals surface area contributed by atoms with E-state index in [1.807, 2.05) is 30.3 Å². The van der Waals surface area contributed by atoms with E-state index in [2.05, 4.69) is 15.0 Å². The molecule has 2 amide bonds. The Labute approximate surface area is 184 Å². The maximum atomic E-state index is 12.1. The van der Waals surface area contributed by atoms with E-state index in [1.54, 1.807) is 35.7 Å². The largest absolute Gasteiger partial charge is 0.465 e. The van der Waals surface area contributed by atoms with Gasteiger partial charge in [-0.15, -0.1) is 11.3 Å². The van der Waals surface area contributed by atoms with Crippen molar-refractivity contribution in [3.8, 4) is 0 Å². The van der Waals surface area contributed by atoms with Gasteiger partial charge in [0.1, 0.15) is 0 Å². The number of thiazole rings is 1. The minimum atomic E-state index is -0.406. The number of anilines is 2. The minimum Gasteiger partial charge on any atom is -0.465 e. The molecule has 0 atom stereocenters. The van der Waals surface area contributed by atoms with Gasteiger partial charge in [-0.05, 0) is 35.9 Å². The van der Waals surface area contributed by atoms with Crippen molar-refractivity contribution in [2.75, 3.05) is 12.0 Å². The van der Waals surface area contributed by atoms with E-state index < -0.39 is 5.97 Å². The molecule has 8 heteroatoms. The Morgan fingerprint density at radius 2 is 1.81 bits per heavy atom. The minimum absolute atomic E-state index is 0.146. The molecule has 1 heterocycles. The highest BCUT2D eigenvalue weighted by Crippen LogP contribution is 2.28. The first kappa shape index (κ1) is 21.9. The predicted octanol–water partition coefficient (Wildman–Crippen LogP) is 3.94. The fourth-order valence-electron chi connectivity index (χ4n) is 2.75. The van der Waals surface area contributed by atoms with E-state index in [9.17, 15) is 14.4 Å². The van der Waals surface area contributed by atoms with Crippen molar-refractivity contribution in [2.24, 2.45) is 0 Å². The standard InChI is InChI=1S/C23H21N3O4S/c1-16(27)26(20-6-4-3-5-7-20)23-25-19(15-31-23)12-13-21(28)24-14-17-8-10-18(11-9-17)22(29)30-2/h3-13,15H,14H2,1-2H3,(H,24,28)/b13-12+. The Kier molecular flexibility index (Phi) is 7.29. The average molecular weight is 436 g/mol. The van der Waals surface area contributed by atoms with Gasteiger partial charge in [-0.25, -0.2) is 9.78 Å². The Bertz CT molecular complexity index is 1090. The van der Waals surface area contributed by atoms with Crippen molar-refractivity contribution in [3.05, 3.63) is 82.9 Å². The highest BCUT2D eigenvalue weighted by Gasteiger charge is 2.17. The Balaban J connectivity index is 1.59. The van der Waals surface area contributed by atoms with Crippen LogP contribution in [-0.4, -0.2) is 29.9 Å². The number of carbonyl (C=O) groups is 3. The third-order valence-electron chi connectivity index (χ3n) is 4.28. The Hall–Kier alpha value is -3.78. The summed E-state index contributed by atoms with van der Waals surface area (Å²) in [6.07, 6.45) is 2.99. The van der Waals surface area contributed by atoms with Crippen LogP contribution in [0.5, 0.6) is 0 Å². The molecule has 0 aliphatic carbocycles. The maximum absolute atomic E-state index is 12.1. The normalized spacial score (nSPS) is 10.6. The van der Waals surface area contributed by atoms with Crippen molar-refractivity contribution >= 4 is 46.0 Å². The van der Waals surface area contributed by atoms with Crippen LogP contribution in [0.3, 0.4) is 0 Å². The smallest absolute Gasteiger partial charge is 0.337 e. The number of carbonyl (C=O) groups excluding carboxylic acids is 3. The maximum Gasteiger partial charge on any atom is 0.337 e. The molecule has 0 aliphatic rings. The van der Waals surface area contributed by atoms with Gasteiger partial charge in [0.05, 0.1) is 24.1 Å². The molecule has 0 saturated heterocycles. The highest BCUT2D eigenvalue weighted by molar-refractivity contribution is 7.14. The number of amides is 2. The van der Waals surface area contributed by atoms with Gasteiger partial charge in [0.2, 0.25) is 11.8 Å². The summed E-state index contributed by atoms with van der Waals surface area (Å²) < 4.78 is 4.66. The second kappa shape index (κ2) is 10.3. The number of aromatic nitrogens is 1. The summed E-state index contributed by atoms with van der Waals surface area (Å²) in [6.45, 7) is 1.80. The second-order valence-corrected chi connectivity index (χ2v) is 7.32. The lowest BCUT2D eigenvalue weighted by atomic mass is 10.1. The van der Waals surface area contributed by atoms with Gasteiger partial charge < -0.3 is 10.1 Å². The quantitative estimate of drug-likeness (QED) is 0.449. The van der Waals surface area contributed by atoms with Crippen LogP contribution < -0.4 is 10.2 Å². The first-order chi connectivity index (χ1) is 15.0. The number of nitrogens with one attached hydrogen (secondary N) is 1. The Morgan fingerprint density at radius 1 is 1.10 bits per heavy atom. The van der Waals surface area contributed by atoms with Crippen LogP contribution in [0.1, 0.15) is 28.5 Å². The van der Waals surface area contributed by atoms with Gasteiger partial charge in [0.15, 0.2) is 5.13 Å². The molecule has 158 valence electrons. The van der Waals surface area contributed by atoms with Gasteiger partial charge in [0, 0.05) is 24.9 Å². The number of esters is 1. The lowest BCUT2D eigenvalue weighted by Gasteiger charge is -2.17. The van der Waals surface area contributed by atoms with Crippen LogP contribution >= 0.6 is 11.3 Å². The monoisotopic (exact) mass is 435 g/mol. The highest BCUT2D eigenvalue weighted by atomic mass is 32.1. The molecule has 0 radical (unpaired) electrons. The summed E-state index contributed by atoms with van der Waals surface area (Å²) in [5.41, 5.74) is 2.62. The van der Waals surface area contributed by atoms with Crippen LogP contribution in [0.25, 0.3) is 6.08 Å². The predicted molar refractivity (Wildman–Crippen MR) is 120 cm³/mol. The first-order valence-corrected chi connectivity index (χ1v) is 10.3. The number of para-hydroxylation sites is 1. The molecule has 7 nitrogen and oxygen atoms in total. The number of hydrogen-bond donors (Lipinski definition) is 1. The van der Waals surface area contributed by atoms with E-state index >= 15 is 0 Å². The summed E-state index contributed by atoms with van der Waals surface area (Å²) in [7, 11) is 1.33. The molecule has 0 fully saturated rings. The van der Waals surface area contributed by atoms with Crippen LogP contribution in [0.2, 0.25) is 0 Å². The lowest BCUT2D eigenvalue weighted by molar-refractivity contribution is -0.117. The molecule has 2 aromatic carbocycles. The summed E-state index contributed by atoms with van der Waals surface area (Å²) >= 11 is 1.32. The van der Waals surface area contributed by atoms with Gasteiger partial charge in [-0.2, -0.15) is 0 Å². The molecule has 1 aromatic heterocycles. The van der Waals surface area contributed by atoms with Gasteiger partial charge >= 0.3 is 5.97 Å². The molecule has 0 spiro atoms. The zero-order valence-electron chi connectivity index (χ0n) is 17.1. The summed E-state index contributed by atoms with van der Waals surface area (Å²) in [4.78, 5) is 41.6. The molecule has 3 aromatic rings. The van der Waals surface area contributed by atoms with E-state index in [-0.39, 0.29) is 11.8 Å². The van der Waals surface area contributed by atoms with E-state index in [0.717, 1.165) is 11.3 Å². The second-order valence-electron chi connectivity index (χ2n) is 6.48. The molecule has 0 bridgehead atoms. The number of nitrogens with zero attached hydrogens (tertiary/aromatic N) is 2. The van der Waals surface area contributed by atoms with E-state index in [1.165, 1.54) is 36.3 Å². The molecule has 3 rings (SSSR count). The Morgan fingerprint density at radius 3 is 2.45 bits per heavy atom. The zero-order chi connectivity index (χ0) is 22.2. The van der Waals surface area contributed by atoms with Crippen molar-refractivity contribution < 1.29 is 19.1 Å². The SMILES string of the molecule is COC(=O)c1ccc(CNC(=O)/C=C/c2csc(N(C(C)=O)c3ccccc3)n2)cc1. The molecule has 0 aliphatic heterocycles. The first-order valence-electron chi connectivity index (χ1n) is 9.42. The van der Waals surface area contributed by atoms with Gasteiger partial charge in [-0.1, -0.05) is 30.3 Å². The van der Waals surface area contributed by atoms with Crippen molar-refractivity contribution in [2.45, 2.75) is 13.5 Å². The van der Waals surface area contributed by atoms with E-state index in [4.69, 9.17) is 0 Å². The summed E-state index contributed by atoms with van der Waals surface area (Å²) in [6, 6.07) is 16.1. The van der Waals surface area contributed by atoms with Gasteiger partial charge in [-0.3, -0.25) is 14.5 Å². The van der Waals surface area contributed by atoms with Crippen LogP contribution in [0, 0.1) is 0 Å². The van der Waals surface area contributed by atoms with E-state index in [0.29, 0.717) is 22.9 Å². The van der Waals surface area contributed by atoms with Crippen LogP contribution in [-0.2, 0) is 20.9 Å². The fourth-order valence-corrected chi connectivity index (χ4v) is 3.60. The number of methoxy groups -OCH3 is 1. The van der Waals surface area contributed by atoms with Gasteiger partial charge in [0.25, 0.3) is 0 Å².